The fourth-order valence-corrected chi connectivity index (χ4v) is 13.6. The number of benzene rings is 3. The minimum absolute atomic E-state index is 0.0356. The molecule has 14 atom stereocenters. The molecule has 0 aliphatic rings. The highest BCUT2D eigenvalue weighted by molar-refractivity contribution is 7.80. The molecule has 0 aliphatic heterocycles. The number of aliphatic hydroxyl groups is 1. The number of phenolic OH excluding ortho intramolecular Hbond substituents is 1. The summed E-state index contributed by atoms with van der Waals surface area (Å²) in [6.45, 7) is 2.88. The molecular formula is C80H116N26O21S2. The Labute approximate surface area is 750 Å². The van der Waals surface area contributed by atoms with Crippen LogP contribution in [0.3, 0.4) is 0 Å². The summed E-state index contributed by atoms with van der Waals surface area (Å²) in [5.41, 5.74) is 35.2. The number of rotatable bonds is 57. The average Bonchev–Trinajstić information content (AvgIpc) is 1.69. The number of hydrogen-bond acceptors (Lipinski definition) is 25. The van der Waals surface area contributed by atoms with E-state index in [-0.39, 0.29) is 68.7 Å². The fraction of sp³-hybridized carbons (Fsp3) is 0.475. The summed E-state index contributed by atoms with van der Waals surface area (Å²) in [5, 5.41) is 87.0. The molecule has 0 saturated carbocycles. The van der Waals surface area contributed by atoms with Crippen LogP contribution in [0.5, 0.6) is 5.75 Å². The number of carbonyl (C=O) groups excluding carboxylic acids is 17. The molecule has 3 aromatic carbocycles. The maximum absolute atomic E-state index is 15.3. The van der Waals surface area contributed by atoms with Gasteiger partial charge in [-0.05, 0) is 119 Å². The van der Waals surface area contributed by atoms with Crippen molar-refractivity contribution in [2.24, 2.45) is 34.4 Å². The molecule has 0 radical (unpaired) electrons. The zero-order valence-electron chi connectivity index (χ0n) is 71.1. The molecule has 0 bridgehead atoms. The van der Waals surface area contributed by atoms with Crippen molar-refractivity contribution in [1.82, 2.24) is 95.0 Å². The van der Waals surface area contributed by atoms with Crippen LogP contribution in [0.4, 0.5) is 0 Å². The summed E-state index contributed by atoms with van der Waals surface area (Å²) in [7, 11) is 0. The normalized spacial score (nSPS) is 14.3. The van der Waals surface area contributed by atoms with E-state index in [9.17, 15) is 92.0 Å². The van der Waals surface area contributed by atoms with E-state index in [1.165, 1.54) is 43.6 Å². The molecule has 0 spiro atoms. The molecule has 2 aromatic heterocycles. The van der Waals surface area contributed by atoms with Gasteiger partial charge in [-0.15, -0.1) is 0 Å². The highest BCUT2D eigenvalue weighted by Crippen LogP contribution is 2.23. The zero-order valence-corrected chi connectivity index (χ0v) is 72.9. The Kier molecular flexibility index (Phi) is 43.9. The molecule has 5 rings (SSSR count). The maximum atomic E-state index is 15.3. The van der Waals surface area contributed by atoms with Crippen LogP contribution < -0.4 is 119 Å². The zero-order chi connectivity index (χ0) is 95.7. The third-order valence-electron chi connectivity index (χ3n) is 19.9. The second kappa shape index (κ2) is 53.6. The van der Waals surface area contributed by atoms with Gasteiger partial charge in [-0.3, -0.25) is 97.1 Å². The van der Waals surface area contributed by atoms with Crippen LogP contribution in [0.15, 0.2) is 85.2 Å². The molecule has 0 fully saturated rings. The largest absolute Gasteiger partial charge is 0.508 e. The predicted octanol–water partition coefficient (Wildman–Crippen LogP) is -7.77. The number of guanidine groups is 2. The molecule has 704 valence electrons. The minimum Gasteiger partial charge on any atom is -0.508 e. The molecule has 0 saturated heterocycles. The van der Waals surface area contributed by atoms with Crippen LogP contribution in [0, 0.1) is 10.8 Å². The number of H-pyrrole nitrogens is 2. The lowest BCUT2D eigenvalue weighted by molar-refractivity contribution is -0.139. The summed E-state index contributed by atoms with van der Waals surface area (Å²) in [5.74, 6) is -21.3. The second-order valence-corrected chi connectivity index (χ2v) is 31.0. The molecule has 17 amide bonds. The SMILES string of the molecule is CC(=O)N[C@@H](CS)C(=O)N[C@@H](CCCNC(=N)N)C(=O)N[C@H](C(=O)N[C@@H](Cc1c[nH]c2ccccc12)C(=O)N[C@@H](CCC(N)=O)C(=O)N[C@@H](CS)C(=O)N[C@@H](Cc1ccc(O)cc1)C(=O)N[C@@H](Cc1c[nH]c2ccccc12)C(=O)N[C@@H](CCCNC(=N)N)C(=O)N[C@@H](CCC(=O)O)C(=O)N[C@@H](CC(N)=O)C(=O)NCC(=O)N[C@@H](C)C(=O)N[C@H](CCCCN)C(N)=O)[C@@H](C)O. The lowest BCUT2D eigenvalue weighted by Gasteiger charge is -2.29. The van der Waals surface area contributed by atoms with Crippen LogP contribution in [0.2, 0.25) is 0 Å². The Bertz CT molecular complexity index is 4800. The van der Waals surface area contributed by atoms with Gasteiger partial charge >= 0.3 is 5.97 Å². The van der Waals surface area contributed by atoms with E-state index in [0.717, 1.165) is 13.8 Å². The summed E-state index contributed by atoms with van der Waals surface area (Å²) in [6, 6.07) is -2.59. The number of para-hydroxylation sites is 2. The standard InChI is InChI=1S/C80H116N26O21S2/c1-39(67(116)96-50(66(84)115)16-8-9-27-81)94-63(112)36-93-68(117)58(33-62(83)111)103-70(119)54(24-26-64(113)114)99-69(118)51(17-10-28-89-79(85)86)97-74(123)56(31-43-34-91-48-14-6-4-12-46(43)48)102-73(122)55(30-42-19-21-45(109)22-20-42)101-77(126)60(38-129)105-71(120)53(23-25-61(82)110)100-75(124)57(32-44-35-92-49-15-7-5-13-47(44)49)104-78(127)65(40(2)107)106-72(121)52(18-11-29-90-80(87)88)98-76(125)59(37-128)95-41(3)108/h4-7,12-15,19-22,34-35,39-40,50-60,65,91-92,107,109,128-129H,8-11,16-18,23-33,36-38,81H2,1-3H3,(H2,82,110)(H2,83,111)(H2,84,115)(H,93,117)(H,94,112)(H,95,108)(H,96,116)(H,97,123)(H,98,125)(H,99,118)(H,100,124)(H,101,126)(H,102,122)(H,103,119)(H,104,127)(H,105,120)(H,106,121)(H,113,114)(H4,85,86,89)(H4,87,88,90)/t39-,40+,50+,51-,52-,53-,54-,55-,56-,57-,58-,59-,60-,65-/m0/s1. The van der Waals surface area contributed by atoms with Gasteiger partial charge in [-0.1, -0.05) is 48.5 Å². The smallest absolute Gasteiger partial charge is 0.303 e. The van der Waals surface area contributed by atoms with Gasteiger partial charge in [0.05, 0.1) is 19.1 Å². The lowest BCUT2D eigenvalue weighted by Crippen LogP contribution is -2.62. The van der Waals surface area contributed by atoms with Crippen LogP contribution in [-0.4, -0.2) is 266 Å². The Hall–Kier alpha value is -13.8. The number of aromatic hydroxyl groups is 1. The number of unbranched alkanes of at least 4 members (excludes halogenated alkanes) is 1. The molecule has 0 aliphatic carbocycles. The highest BCUT2D eigenvalue weighted by Gasteiger charge is 2.39. The third kappa shape index (κ3) is 36.6. The second-order valence-electron chi connectivity index (χ2n) is 30.2. The van der Waals surface area contributed by atoms with Crippen LogP contribution in [-0.2, 0) is 106 Å². The Morgan fingerprint density at radius 3 is 1.25 bits per heavy atom. The number of carboxylic acid groups (broad SMARTS) is 1. The van der Waals surface area contributed by atoms with E-state index < -0.39 is 260 Å². The van der Waals surface area contributed by atoms with Crippen molar-refractivity contribution in [2.45, 2.75) is 202 Å². The average molecular weight is 1840 g/mol. The fourth-order valence-electron chi connectivity index (χ4n) is 13.1. The summed E-state index contributed by atoms with van der Waals surface area (Å²) >= 11 is 8.51. The van der Waals surface area contributed by atoms with Crippen molar-refractivity contribution >= 4 is 165 Å². The van der Waals surface area contributed by atoms with Gasteiger partial charge in [0.15, 0.2) is 11.9 Å². The monoisotopic (exact) mass is 1840 g/mol. The lowest BCUT2D eigenvalue weighted by atomic mass is 10.0. The first kappa shape index (κ1) is 106. The van der Waals surface area contributed by atoms with Crippen molar-refractivity contribution in [3.8, 4) is 5.75 Å². The Morgan fingerprint density at radius 2 is 0.814 bits per heavy atom. The van der Waals surface area contributed by atoms with E-state index in [1.54, 1.807) is 48.5 Å². The number of aliphatic carboxylic acids is 1. The minimum atomic E-state index is -1.92. The number of amides is 17. The number of phenols is 1. The van der Waals surface area contributed by atoms with E-state index in [4.69, 9.17) is 45.2 Å². The Balaban J connectivity index is 1.47. The molecule has 0 unspecified atom stereocenters. The number of thiol groups is 2. The number of aromatic amines is 2. The van der Waals surface area contributed by atoms with E-state index in [1.807, 2.05) is 0 Å². The van der Waals surface area contributed by atoms with Gasteiger partial charge in [-0.25, -0.2) is 0 Å². The molecule has 129 heavy (non-hydrogen) atoms. The number of carboxylic acids is 1. The van der Waals surface area contributed by atoms with Crippen molar-refractivity contribution in [3.63, 3.8) is 0 Å². The van der Waals surface area contributed by atoms with E-state index in [0.29, 0.717) is 52.3 Å². The number of fused-ring (bicyclic) bond motifs is 2. The number of carbonyl (C=O) groups is 18. The van der Waals surface area contributed by atoms with Crippen LogP contribution in [0.1, 0.15) is 115 Å². The molecule has 5 aromatic rings. The summed E-state index contributed by atoms with van der Waals surface area (Å²) in [4.78, 5) is 254. The quantitative estimate of drug-likeness (QED) is 0.00744. The summed E-state index contributed by atoms with van der Waals surface area (Å²) in [6.07, 6.45) is -3.01. The Morgan fingerprint density at radius 1 is 0.419 bits per heavy atom. The van der Waals surface area contributed by atoms with Gasteiger partial charge < -0.3 is 145 Å². The van der Waals surface area contributed by atoms with Crippen LogP contribution >= 0.6 is 25.3 Å². The van der Waals surface area contributed by atoms with Gasteiger partial charge in [0.25, 0.3) is 0 Å². The number of hydrogen-bond donors (Lipinski definition) is 31. The molecule has 49 heteroatoms. The topological polar surface area (TPSA) is 796 Å². The predicted molar refractivity (Wildman–Crippen MR) is 474 cm³/mol. The van der Waals surface area contributed by atoms with E-state index >= 15 is 9.59 Å². The third-order valence-corrected chi connectivity index (χ3v) is 20.6. The number of nitrogens with one attached hydrogen (secondary N) is 20. The van der Waals surface area contributed by atoms with Crippen molar-refractivity contribution in [3.05, 3.63) is 102 Å². The molecule has 47 nitrogen and oxygen atoms in total. The number of nitrogens with two attached hydrogens (primary N) is 6. The van der Waals surface area contributed by atoms with Crippen LogP contribution in [0.25, 0.3) is 21.8 Å². The number of primary amides is 3. The number of aliphatic hydroxyl groups excluding tert-OH is 1. The van der Waals surface area contributed by atoms with Crippen molar-refractivity contribution < 1.29 is 102 Å². The maximum Gasteiger partial charge on any atom is 0.303 e. The first-order valence-electron chi connectivity index (χ1n) is 41.0. The van der Waals surface area contributed by atoms with Gasteiger partial charge in [0.2, 0.25) is 100 Å². The first-order chi connectivity index (χ1) is 61.1. The first-order valence-corrected chi connectivity index (χ1v) is 42.3. The van der Waals surface area contributed by atoms with Gasteiger partial charge in [-0.2, -0.15) is 25.3 Å². The van der Waals surface area contributed by atoms with Gasteiger partial charge in [0, 0.05) is 97.8 Å². The van der Waals surface area contributed by atoms with E-state index in [2.05, 4.69) is 120 Å². The number of aromatic nitrogens is 2. The molecule has 35 N–H and O–H groups in total. The highest BCUT2D eigenvalue weighted by atomic mass is 32.1. The summed E-state index contributed by atoms with van der Waals surface area (Å²) < 4.78 is 0. The molecule has 2 heterocycles. The van der Waals surface area contributed by atoms with Crippen molar-refractivity contribution in [2.75, 3.05) is 37.7 Å². The van der Waals surface area contributed by atoms with Crippen molar-refractivity contribution in [1.29, 1.82) is 10.8 Å². The molecular weight excluding hydrogens is 1730 g/mol. The van der Waals surface area contributed by atoms with Gasteiger partial charge in [0.1, 0.15) is 84.3 Å².